The number of rotatable bonds is 3. The van der Waals surface area contributed by atoms with Gasteiger partial charge in [-0.15, -0.1) is 0 Å². The summed E-state index contributed by atoms with van der Waals surface area (Å²) >= 11 is -2.04. The van der Waals surface area contributed by atoms with Gasteiger partial charge < -0.3 is 0 Å². The van der Waals surface area contributed by atoms with Crippen LogP contribution >= 0.6 is 15.6 Å². The van der Waals surface area contributed by atoms with E-state index in [9.17, 15) is 0 Å². The Kier molecular flexibility index (Phi) is 5.18. The molecular weight excluding hydrogens is 492 g/mol. The second-order valence-corrected chi connectivity index (χ2v) is 13.1. The summed E-state index contributed by atoms with van der Waals surface area (Å²) in [5.41, 5.74) is 3.62. The van der Waals surface area contributed by atoms with Crippen LogP contribution in [-0.2, 0) is 19.7 Å². The molecule has 0 nitrogen and oxygen atoms in total. The van der Waals surface area contributed by atoms with Gasteiger partial charge in [0, 0.05) is 0 Å². The first kappa shape index (κ1) is 16.0. The SMILES string of the molecule is [P]#[Au]([Cl])[C](c1ccccc1)(c1ccccc1)c1ccccc1. The maximum atomic E-state index is 6.82. The third-order valence-electron chi connectivity index (χ3n) is 3.64. The Morgan fingerprint density at radius 3 is 1.09 bits per heavy atom. The molecule has 0 saturated heterocycles. The van der Waals surface area contributed by atoms with Crippen LogP contribution in [0.15, 0.2) is 91.0 Å². The van der Waals surface area contributed by atoms with Crippen molar-refractivity contribution >= 4 is 15.6 Å². The molecule has 0 aromatic heterocycles. The van der Waals surface area contributed by atoms with Crippen LogP contribution in [0.1, 0.15) is 16.7 Å². The van der Waals surface area contributed by atoms with Gasteiger partial charge in [-0.05, 0) is 0 Å². The molecule has 0 radical (unpaired) electrons. The van der Waals surface area contributed by atoms with Crippen LogP contribution in [0.25, 0.3) is 0 Å². The van der Waals surface area contributed by atoms with Crippen molar-refractivity contribution < 1.29 is 16.1 Å². The van der Waals surface area contributed by atoms with Crippen molar-refractivity contribution in [3.8, 4) is 0 Å². The van der Waals surface area contributed by atoms with E-state index >= 15 is 0 Å². The van der Waals surface area contributed by atoms with Gasteiger partial charge in [0.15, 0.2) is 0 Å². The molecule has 0 heterocycles. The van der Waals surface area contributed by atoms with Crippen molar-refractivity contribution in [2.24, 2.45) is 0 Å². The number of hydrogen-bond acceptors (Lipinski definition) is 0. The van der Waals surface area contributed by atoms with E-state index in [-0.39, 0.29) is 3.63 Å². The maximum absolute atomic E-state index is 6.82. The van der Waals surface area contributed by atoms with E-state index in [1.807, 2.05) is 18.2 Å². The van der Waals surface area contributed by atoms with Gasteiger partial charge in [-0.1, -0.05) is 0 Å². The van der Waals surface area contributed by atoms with E-state index in [4.69, 9.17) is 15.6 Å². The Morgan fingerprint density at radius 2 is 0.864 bits per heavy atom. The molecule has 0 spiro atoms. The minimum atomic E-state index is -2.04. The zero-order chi connectivity index (χ0) is 15.4. The molecule has 0 aliphatic carbocycles. The van der Waals surface area contributed by atoms with Gasteiger partial charge in [-0.25, -0.2) is 0 Å². The summed E-state index contributed by atoms with van der Waals surface area (Å²) in [4.78, 5) is 0. The van der Waals surface area contributed by atoms with E-state index in [2.05, 4.69) is 72.8 Å². The van der Waals surface area contributed by atoms with Gasteiger partial charge in [0.2, 0.25) is 0 Å². The molecule has 22 heavy (non-hydrogen) atoms. The van der Waals surface area contributed by atoms with Crippen LogP contribution in [0.5, 0.6) is 0 Å². The molecule has 0 atom stereocenters. The van der Waals surface area contributed by atoms with Crippen LogP contribution in [0.4, 0.5) is 0 Å². The zero-order valence-electron chi connectivity index (χ0n) is 11.8. The molecule has 0 fully saturated rings. The van der Waals surface area contributed by atoms with E-state index < -0.39 is 16.1 Å². The number of halogens is 1. The average molecular weight is 507 g/mol. The molecule has 0 saturated carbocycles. The fourth-order valence-corrected chi connectivity index (χ4v) is 8.84. The van der Waals surface area contributed by atoms with Crippen LogP contribution in [0.3, 0.4) is 0 Å². The first-order valence-corrected chi connectivity index (χ1v) is 13.8. The van der Waals surface area contributed by atoms with Gasteiger partial charge in [0.25, 0.3) is 0 Å². The predicted molar refractivity (Wildman–Crippen MR) is 92.0 cm³/mol. The van der Waals surface area contributed by atoms with Crippen molar-refractivity contribution in [2.45, 2.75) is 3.63 Å². The van der Waals surface area contributed by atoms with Gasteiger partial charge in [-0.2, -0.15) is 0 Å². The molecule has 0 aliphatic heterocycles. The van der Waals surface area contributed by atoms with E-state index in [0.29, 0.717) is 0 Å². The van der Waals surface area contributed by atoms with Crippen molar-refractivity contribution in [1.82, 2.24) is 0 Å². The quantitative estimate of drug-likeness (QED) is 0.230. The molecule has 0 bridgehead atoms. The normalized spacial score (nSPS) is 11.9. The first-order chi connectivity index (χ1) is 10.8. The standard InChI is InChI=1S/C19H15.Au.ClH.P/c1-4-10-16(11-5-1)19(17-12-6-2-7-13-17)18-14-8-3-9-15-18;;;/h1-15H;;1H;/q;+1;;/p-1. The van der Waals surface area contributed by atoms with Crippen molar-refractivity contribution in [2.75, 3.05) is 0 Å². The van der Waals surface area contributed by atoms with Crippen LogP contribution < -0.4 is 0 Å². The molecule has 3 aromatic rings. The Morgan fingerprint density at radius 1 is 0.591 bits per heavy atom. The number of benzene rings is 3. The molecule has 0 N–H and O–H groups in total. The van der Waals surface area contributed by atoms with Gasteiger partial charge in [0.1, 0.15) is 0 Å². The molecule has 3 aromatic carbocycles. The molecule has 0 unspecified atom stereocenters. The van der Waals surface area contributed by atoms with Gasteiger partial charge in [0.05, 0.1) is 0 Å². The Hall–Kier alpha value is -0.880. The Balaban J connectivity index is 2.38. The summed E-state index contributed by atoms with van der Waals surface area (Å²) in [6, 6.07) is 31.4. The molecule has 3 heteroatoms. The van der Waals surface area contributed by atoms with Crippen LogP contribution in [0.2, 0.25) is 0 Å². The predicted octanol–water partition coefficient (Wildman–Crippen LogP) is 6.08. The Labute approximate surface area is 142 Å². The van der Waals surface area contributed by atoms with Gasteiger partial charge >= 0.3 is 143 Å². The van der Waals surface area contributed by atoms with Crippen LogP contribution in [-0.4, -0.2) is 0 Å². The summed E-state index contributed by atoms with van der Waals surface area (Å²) in [7, 11) is 6.82. The van der Waals surface area contributed by atoms with Crippen molar-refractivity contribution in [1.29, 1.82) is 0 Å². The topological polar surface area (TPSA) is 0 Å². The van der Waals surface area contributed by atoms with E-state index in [0.717, 1.165) is 0 Å². The summed E-state index contributed by atoms with van der Waals surface area (Å²) in [6.45, 7) is 0. The van der Waals surface area contributed by atoms with Crippen LogP contribution in [0, 0.1) is 0 Å². The van der Waals surface area contributed by atoms with E-state index in [1.165, 1.54) is 16.7 Å². The summed E-state index contributed by atoms with van der Waals surface area (Å²) in [5.74, 6) is 0. The fourth-order valence-electron chi connectivity index (χ4n) is 2.68. The Bertz CT molecular complexity index is 711. The average Bonchev–Trinajstić information content (AvgIpc) is 2.58. The summed E-state index contributed by atoms with van der Waals surface area (Å²) < 4.78 is -0.343. The summed E-state index contributed by atoms with van der Waals surface area (Å²) in [5, 5.41) is 0. The van der Waals surface area contributed by atoms with Crippen molar-refractivity contribution in [3.63, 3.8) is 0 Å². The third kappa shape index (κ3) is 2.83. The van der Waals surface area contributed by atoms with Gasteiger partial charge in [-0.3, -0.25) is 0 Å². The summed E-state index contributed by atoms with van der Waals surface area (Å²) in [6.07, 6.45) is 4.83. The first-order valence-electron chi connectivity index (χ1n) is 6.88. The second kappa shape index (κ2) is 7.13. The minimum absolute atomic E-state index is 0.343. The second-order valence-electron chi connectivity index (χ2n) is 4.87. The third-order valence-corrected chi connectivity index (χ3v) is 9.91. The molecule has 0 amide bonds. The zero-order valence-corrected chi connectivity index (χ0v) is 15.6. The molecule has 114 valence electrons. The molecular formula is C19H15AuClP. The van der Waals surface area contributed by atoms with E-state index in [1.54, 1.807) is 0 Å². The monoisotopic (exact) mass is 506 g/mol. The molecule has 3 rings (SSSR count). The van der Waals surface area contributed by atoms with Crippen molar-refractivity contribution in [3.05, 3.63) is 108 Å². The fraction of sp³-hybridized carbons (Fsp3) is 0.0526. The molecule has 0 aliphatic rings. The number of hydrogen-bond donors (Lipinski definition) is 0.